The number of sulfonamides is 1. The average Bonchev–Trinajstić information content (AvgIpc) is 2.98. The number of hydrogen-bond acceptors (Lipinski definition) is 6. The summed E-state index contributed by atoms with van der Waals surface area (Å²) in [5.41, 5.74) is -0.224. The number of fused-ring (bicyclic) bond motifs is 1. The number of benzene rings is 3. The molecular formula is C30H30F2N4O4S. The van der Waals surface area contributed by atoms with Crippen molar-refractivity contribution in [3.05, 3.63) is 88.8 Å². The molecule has 1 aliphatic carbocycles. The average molecular weight is 581 g/mol. The highest BCUT2D eigenvalue weighted by Crippen LogP contribution is 2.31. The quantitative estimate of drug-likeness (QED) is 0.323. The molecule has 2 aliphatic rings. The van der Waals surface area contributed by atoms with Crippen molar-refractivity contribution >= 4 is 26.5 Å². The van der Waals surface area contributed by atoms with Gasteiger partial charge in [0.1, 0.15) is 17.3 Å². The first kappa shape index (κ1) is 27.3. The number of hydrogen-bond donors (Lipinski definition) is 0. The summed E-state index contributed by atoms with van der Waals surface area (Å²) in [5, 5.41) is 5.74. The van der Waals surface area contributed by atoms with Crippen LogP contribution in [0.3, 0.4) is 0 Å². The van der Waals surface area contributed by atoms with Gasteiger partial charge in [0.2, 0.25) is 15.8 Å². The molecule has 1 saturated heterocycles. The molecule has 0 radical (unpaired) electrons. The Morgan fingerprint density at radius 3 is 2.27 bits per heavy atom. The lowest BCUT2D eigenvalue weighted by atomic mass is 9.98. The maximum atomic E-state index is 14.0. The lowest BCUT2D eigenvalue weighted by Gasteiger charge is -2.36. The van der Waals surface area contributed by atoms with Gasteiger partial charge in [-0.25, -0.2) is 17.2 Å². The molecule has 2 fully saturated rings. The Kier molecular flexibility index (Phi) is 7.48. The molecule has 11 heteroatoms. The first-order valence-electron chi connectivity index (χ1n) is 13.8. The number of ether oxygens (including phenoxy) is 1. The molecule has 3 aromatic carbocycles. The number of nitrogens with zero attached hydrogens (tertiary/aromatic N) is 4. The van der Waals surface area contributed by atoms with Crippen LogP contribution in [0.5, 0.6) is 5.75 Å². The Balaban J connectivity index is 1.30. The van der Waals surface area contributed by atoms with Crippen LogP contribution in [0.4, 0.5) is 14.5 Å². The standard InChI is InChI=1S/C30H30F2N4O4S/c31-22-17-23(32)19-24(18-22)36-30(37)29(40-25-9-2-1-3-10-25)27(20-33-36)34-13-15-35(16-14-34)41(38,39)28-12-6-8-21-7-4-5-11-26(21)28/h4-8,11-12,17-20,25H,1-3,9-10,13-16H2. The number of halogens is 2. The first-order chi connectivity index (χ1) is 19.8. The molecule has 214 valence electrons. The molecule has 4 aromatic rings. The summed E-state index contributed by atoms with van der Waals surface area (Å²) < 4.78 is 63.9. The van der Waals surface area contributed by atoms with Crippen molar-refractivity contribution in [2.45, 2.75) is 43.1 Å². The van der Waals surface area contributed by atoms with Gasteiger partial charge in [0.05, 0.1) is 22.9 Å². The third-order valence-corrected chi connectivity index (χ3v) is 9.75. The largest absolute Gasteiger partial charge is 0.483 e. The maximum Gasteiger partial charge on any atom is 0.316 e. The minimum absolute atomic E-state index is 0.0430. The van der Waals surface area contributed by atoms with E-state index in [1.807, 2.05) is 29.2 Å². The predicted octanol–water partition coefficient (Wildman–Crippen LogP) is 4.89. The van der Waals surface area contributed by atoms with E-state index in [4.69, 9.17) is 4.74 Å². The van der Waals surface area contributed by atoms with Crippen molar-refractivity contribution in [3.63, 3.8) is 0 Å². The third-order valence-electron chi connectivity index (χ3n) is 7.79. The van der Waals surface area contributed by atoms with E-state index in [-0.39, 0.29) is 35.5 Å². The zero-order valence-corrected chi connectivity index (χ0v) is 23.2. The van der Waals surface area contributed by atoms with Crippen LogP contribution in [-0.2, 0) is 10.0 Å². The van der Waals surface area contributed by atoms with Crippen molar-refractivity contribution in [3.8, 4) is 11.4 Å². The lowest BCUT2D eigenvalue weighted by Crippen LogP contribution is -2.49. The Bertz CT molecular complexity index is 1720. The second-order valence-corrected chi connectivity index (χ2v) is 12.4. The zero-order valence-electron chi connectivity index (χ0n) is 22.4. The summed E-state index contributed by atoms with van der Waals surface area (Å²) in [6.45, 7) is 1.02. The Hall–Kier alpha value is -3.83. The van der Waals surface area contributed by atoms with Crippen molar-refractivity contribution in [1.82, 2.24) is 14.1 Å². The number of rotatable bonds is 6. The SMILES string of the molecule is O=c1c(OC2CCCCC2)c(N2CCN(S(=O)(=O)c3cccc4ccccc34)CC2)cnn1-c1cc(F)cc(F)c1. The molecule has 8 nitrogen and oxygen atoms in total. The monoisotopic (exact) mass is 580 g/mol. The summed E-state index contributed by atoms with van der Waals surface area (Å²) in [7, 11) is -3.76. The molecule has 2 heterocycles. The fraction of sp³-hybridized carbons (Fsp3) is 0.333. The summed E-state index contributed by atoms with van der Waals surface area (Å²) in [4.78, 5) is 15.8. The van der Waals surface area contributed by atoms with Gasteiger partial charge in [-0.05, 0) is 49.3 Å². The Labute approximate surface area is 236 Å². The van der Waals surface area contributed by atoms with Gasteiger partial charge in [-0.15, -0.1) is 0 Å². The molecule has 0 unspecified atom stereocenters. The molecule has 1 saturated carbocycles. The molecule has 41 heavy (non-hydrogen) atoms. The van der Waals surface area contributed by atoms with Crippen LogP contribution in [0.2, 0.25) is 0 Å². The van der Waals surface area contributed by atoms with E-state index >= 15 is 0 Å². The zero-order chi connectivity index (χ0) is 28.6. The number of piperazine rings is 1. The summed E-state index contributed by atoms with van der Waals surface area (Å²) in [5.74, 6) is -1.59. The van der Waals surface area contributed by atoms with E-state index in [2.05, 4.69) is 5.10 Å². The molecule has 1 aromatic heterocycles. The maximum absolute atomic E-state index is 14.0. The van der Waals surface area contributed by atoms with Gasteiger partial charge in [0.15, 0.2) is 0 Å². The highest BCUT2D eigenvalue weighted by Gasteiger charge is 2.32. The van der Waals surface area contributed by atoms with Gasteiger partial charge in [0.25, 0.3) is 0 Å². The van der Waals surface area contributed by atoms with Gasteiger partial charge in [-0.2, -0.15) is 14.1 Å². The molecular weight excluding hydrogens is 550 g/mol. The number of anilines is 1. The van der Waals surface area contributed by atoms with E-state index in [0.717, 1.165) is 60.4 Å². The van der Waals surface area contributed by atoms with Crippen LogP contribution in [0.15, 0.2) is 76.6 Å². The van der Waals surface area contributed by atoms with Crippen LogP contribution in [0.25, 0.3) is 16.5 Å². The van der Waals surface area contributed by atoms with Crippen LogP contribution in [0, 0.1) is 11.6 Å². The Morgan fingerprint density at radius 1 is 0.854 bits per heavy atom. The number of aromatic nitrogens is 2. The van der Waals surface area contributed by atoms with Crippen LogP contribution in [0.1, 0.15) is 32.1 Å². The van der Waals surface area contributed by atoms with E-state index in [9.17, 15) is 22.0 Å². The van der Waals surface area contributed by atoms with Crippen molar-refractivity contribution < 1.29 is 21.9 Å². The minimum atomic E-state index is -3.76. The highest BCUT2D eigenvalue weighted by atomic mass is 32.2. The molecule has 0 bridgehead atoms. The van der Waals surface area contributed by atoms with E-state index in [1.54, 1.807) is 18.2 Å². The van der Waals surface area contributed by atoms with Crippen molar-refractivity contribution in [2.24, 2.45) is 0 Å². The fourth-order valence-corrected chi connectivity index (χ4v) is 7.33. The smallest absolute Gasteiger partial charge is 0.316 e. The molecule has 1 aliphatic heterocycles. The van der Waals surface area contributed by atoms with Crippen molar-refractivity contribution in [2.75, 3.05) is 31.1 Å². The summed E-state index contributed by atoms with van der Waals surface area (Å²) >= 11 is 0. The molecule has 0 amide bonds. The first-order valence-corrected chi connectivity index (χ1v) is 15.2. The second kappa shape index (κ2) is 11.2. The normalized spacial score (nSPS) is 17.2. The van der Waals surface area contributed by atoms with Gasteiger partial charge in [-0.1, -0.05) is 42.8 Å². The van der Waals surface area contributed by atoms with Gasteiger partial charge < -0.3 is 9.64 Å². The van der Waals surface area contributed by atoms with Gasteiger partial charge in [-0.3, -0.25) is 4.79 Å². The second-order valence-electron chi connectivity index (χ2n) is 10.4. The Morgan fingerprint density at radius 2 is 1.54 bits per heavy atom. The van der Waals surface area contributed by atoms with E-state index in [0.29, 0.717) is 24.2 Å². The van der Waals surface area contributed by atoms with E-state index < -0.39 is 27.2 Å². The third kappa shape index (κ3) is 5.43. The van der Waals surface area contributed by atoms with E-state index in [1.165, 1.54) is 10.5 Å². The van der Waals surface area contributed by atoms with Gasteiger partial charge in [0, 0.05) is 37.6 Å². The predicted molar refractivity (Wildman–Crippen MR) is 152 cm³/mol. The topological polar surface area (TPSA) is 84.7 Å². The highest BCUT2D eigenvalue weighted by molar-refractivity contribution is 7.89. The van der Waals surface area contributed by atoms with Crippen LogP contribution >= 0.6 is 0 Å². The fourth-order valence-electron chi connectivity index (χ4n) is 5.69. The lowest BCUT2D eigenvalue weighted by molar-refractivity contribution is 0.152. The summed E-state index contributed by atoms with van der Waals surface area (Å²) in [6, 6.07) is 15.4. The minimum Gasteiger partial charge on any atom is -0.483 e. The molecule has 0 N–H and O–H groups in total. The molecule has 0 spiro atoms. The van der Waals surface area contributed by atoms with Crippen LogP contribution in [-0.4, -0.2) is 54.8 Å². The molecule has 0 atom stereocenters. The van der Waals surface area contributed by atoms with Gasteiger partial charge >= 0.3 is 5.56 Å². The van der Waals surface area contributed by atoms with Crippen LogP contribution < -0.4 is 15.2 Å². The molecule has 6 rings (SSSR count). The van der Waals surface area contributed by atoms with Crippen molar-refractivity contribution in [1.29, 1.82) is 0 Å². The summed E-state index contributed by atoms with van der Waals surface area (Å²) in [6.07, 6.45) is 5.96.